The molecule has 6 nitrogen and oxygen atoms in total. The number of amides is 4. The molecule has 2 aromatic rings. The Kier molecular flexibility index (Phi) is 5.49. The minimum Gasteiger partial charge on any atom is -0.276 e. The number of carbonyl (C=O) groups excluding carboxylic acids is 3. The lowest BCUT2D eigenvalue weighted by molar-refractivity contribution is -0.137. The van der Waals surface area contributed by atoms with Gasteiger partial charge in [-0.3, -0.25) is 19.9 Å². The Morgan fingerprint density at radius 1 is 1.07 bits per heavy atom. The van der Waals surface area contributed by atoms with Crippen molar-refractivity contribution in [1.82, 2.24) is 5.32 Å². The first-order chi connectivity index (χ1) is 13.2. The number of imide groups is 2. The van der Waals surface area contributed by atoms with Gasteiger partial charge in [0, 0.05) is 9.78 Å². The Labute approximate surface area is 170 Å². The number of benzene rings is 2. The van der Waals surface area contributed by atoms with E-state index in [0.29, 0.717) is 0 Å². The maximum atomic E-state index is 12.8. The monoisotopic (exact) mass is 501 g/mol. The molecule has 1 heterocycles. The zero-order valence-electron chi connectivity index (χ0n) is 13.9. The minimum atomic E-state index is -4.54. The van der Waals surface area contributed by atoms with Crippen molar-refractivity contribution in [1.29, 1.82) is 0 Å². The number of carbonyl (C=O) groups is 3. The standard InChI is InChI=1S/C18H11F3IN3O3/c19-18(20,21)10-2-1-3-12(8-10)23-9-14-15(26)24-17(28)25(16(14)27)13-6-4-11(22)5-7-13/h1-9,14H,(H,24,26,28)/t14-/m0/s1. The zero-order chi connectivity index (χ0) is 20.5. The van der Waals surface area contributed by atoms with Gasteiger partial charge in [-0.05, 0) is 65.1 Å². The van der Waals surface area contributed by atoms with Crippen LogP contribution in [0.4, 0.5) is 29.3 Å². The SMILES string of the molecule is O=C1NC(=O)N(c2ccc(I)cc2)C(=O)[C@H]1C=Nc1cccc(C(F)(F)F)c1. The van der Waals surface area contributed by atoms with Crippen molar-refractivity contribution in [3.8, 4) is 0 Å². The molecule has 10 heteroatoms. The van der Waals surface area contributed by atoms with E-state index < -0.39 is 35.5 Å². The van der Waals surface area contributed by atoms with Crippen molar-refractivity contribution in [2.45, 2.75) is 6.18 Å². The summed E-state index contributed by atoms with van der Waals surface area (Å²) in [4.78, 5) is 41.4. The van der Waals surface area contributed by atoms with Crippen LogP contribution < -0.4 is 10.2 Å². The molecule has 0 unspecified atom stereocenters. The Bertz CT molecular complexity index is 974. The average Bonchev–Trinajstić information content (AvgIpc) is 2.62. The van der Waals surface area contributed by atoms with E-state index in [-0.39, 0.29) is 11.4 Å². The van der Waals surface area contributed by atoms with Crippen LogP contribution in [0.5, 0.6) is 0 Å². The first kappa shape index (κ1) is 20.0. The summed E-state index contributed by atoms with van der Waals surface area (Å²) < 4.78 is 39.2. The molecule has 0 aromatic heterocycles. The Morgan fingerprint density at radius 2 is 1.75 bits per heavy atom. The molecule has 1 aliphatic heterocycles. The maximum Gasteiger partial charge on any atom is 0.416 e. The highest BCUT2D eigenvalue weighted by Crippen LogP contribution is 2.31. The van der Waals surface area contributed by atoms with E-state index in [1.165, 1.54) is 24.3 Å². The van der Waals surface area contributed by atoms with E-state index in [2.05, 4.69) is 27.6 Å². The van der Waals surface area contributed by atoms with Crippen molar-refractivity contribution >= 4 is 58.0 Å². The number of barbiturate groups is 1. The number of halogens is 4. The lowest BCUT2D eigenvalue weighted by Gasteiger charge is -2.28. The van der Waals surface area contributed by atoms with Crippen LogP contribution in [0.3, 0.4) is 0 Å². The fourth-order valence-corrected chi connectivity index (χ4v) is 2.84. The van der Waals surface area contributed by atoms with Gasteiger partial charge in [0.1, 0.15) is 0 Å². The Balaban J connectivity index is 1.88. The number of nitrogens with zero attached hydrogens (tertiary/aromatic N) is 2. The summed E-state index contributed by atoms with van der Waals surface area (Å²) >= 11 is 2.05. The molecular weight excluding hydrogens is 490 g/mol. The largest absolute Gasteiger partial charge is 0.416 e. The third-order valence-corrected chi connectivity index (χ3v) is 4.55. The summed E-state index contributed by atoms with van der Waals surface area (Å²) in [5, 5.41) is 2.05. The quantitative estimate of drug-likeness (QED) is 0.394. The summed E-state index contributed by atoms with van der Waals surface area (Å²) in [6.45, 7) is 0. The first-order valence-corrected chi connectivity index (χ1v) is 8.90. The van der Waals surface area contributed by atoms with Gasteiger partial charge >= 0.3 is 12.2 Å². The first-order valence-electron chi connectivity index (χ1n) is 7.82. The van der Waals surface area contributed by atoms with E-state index in [1.54, 1.807) is 12.1 Å². The van der Waals surface area contributed by atoms with Crippen LogP contribution in [0.1, 0.15) is 5.56 Å². The number of urea groups is 1. The molecule has 0 radical (unpaired) electrons. The van der Waals surface area contributed by atoms with E-state index in [0.717, 1.165) is 26.8 Å². The second kappa shape index (κ2) is 7.70. The van der Waals surface area contributed by atoms with E-state index in [1.807, 2.05) is 5.32 Å². The molecule has 0 spiro atoms. The molecule has 28 heavy (non-hydrogen) atoms. The molecule has 1 atom stereocenters. The van der Waals surface area contributed by atoms with Gasteiger partial charge in [0.15, 0.2) is 5.92 Å². The van der Waals surface area contributed by atoms with Crippen molar-refractivity contribution in [2.75, 3.05) is 4.90 Å². The van der Waals surface area contributed by atoms with Crippen molar-refractivity contribution < 1.29 is 27.6 Å². The van der Waals surface area contributed by atoms with Crippen LogP contribution in [-0.4, -0.2) is 24.1 Å². The molecule has 1 aliphatic rings. The summed E-state index contributed by atoms with van der Waals surface area (Å²) in [6, 6.07) is 9.68. The Morgan fingerprint density at radius 3 is 2.39 bits per heavy atom. The van der Waals surface area contributed by atoms with Crippen molar-refractivity contribution in [3.05, 3.63) is 57.7 Å². The fourth-order valence-electron chi connectivity index (χ4n) is 2.48. The molecule has 1 N–H and O–H groups in total. The van der Waals surface area contributed by atoms with Crippen LogP contribution in [0.2, 0.25) is 0 Å². The van der Waals surface area contributed by atoms with Crippen LogP contribution >= 0.6 is 22.6 Å². The summed E-state index contributed by atoms with van der Waals surface area (Å²) in [6.07, 6.45) is -3.61. The van der Waals surface area contributed by atoms with Gasteiger partial charge in [-0.25, -0.2) is 9.69 Å². The van der Waals surface area contributed by atoms with Gasteiger partial charge in [0.25, 0.3) is 5.91 Å². The van der Waals surface area contributed by atoms with Gasteiger partial charge in [0.2, 0.25) is 5.91 Å². The molecule has 1 fully saturated rings. The van der Waals surface area contributed by atoms with Gasteiger partial charge in [-0.2, -0.15) is 13.2 Å². The molecule has 0 saturated carbocycles. The summed E-state index contributed by atoms with van der Waals surface area (Å²) in [5.74, 6) is -3.19. The second-order valence-corrected chi connectivity index (χ2v) is 6.99. The third-order valence-electron chi connectivity index (χ3n) is 3.83. The lowest BCUT2D eigenvalue weighted by Crippen LogP contribution is -2.58. The highest BCUT2D eigenvalue weighted by atomic mass is 127. The van der Waals surface area contributed by atoms with Gasteiger partial charge in [-0.1, -0.05) is 6.07 Å². The smallest absolute Gasteiger partial charge is 0.276 e. The number of aliphatic imine (C=N–C) groups is 1. The molecule has 1 saturated heterocycles. The molecule has 0 aliphatic carbocycles. The lowest BCUT2D eigenvalue weighted by atomic mass is 10.1. The van der Waals surface area contributed by atoms with Gasteiger partial charge in [-0.15, -0.1) is 0 Å². The highest BCUT2D eigenvalue weighted by Gasteiger charge is 2.40. The van der Waals surface area contributed by atoms with E-state index >= 15 is 0 Å². The molecular formula is C18H11F3IN3O3. The molecule has 0 bridgehead atoms. The summed E-state index contributed by atoms with van der Waals surface area (Å²) in [5.41, 5.74) is -0.724. The third kappa shape index (κ3) is 4.21. The average molecular weight is 501 g/mol. The number of alkyl halides is 3. The molecule has 144 valence electrons. The van der Waals surface area contributed by atoms with Crippen molar-refractivity contribution in [3.63, 3.8) is 0 Å². The minimum absolute atomic E-state index is 0.0758. The number of nitrogens with one attached hydrogen (secondary N) is 1. The number of hydrogen-bond acceptors (Lipinski definition) is 4. The fraction of sp³-hybridized carbons (Fsp3) is 0.111. The molecule has 3 rings (SSSR count). The topological polar surface area (TPSA) is 78.8 Å². The van der Waals surface area contributed by atoms with Crippen LogP contribution in [0, 0.1) is 9.49 Å². The summed E-state index contributed by atoms with van der Waals surface area (Å²) in [7, 11) is 0. The zero-order valence-corrected chi connectivity index (χ0v) is 16.1. The molecule has 4 amide bonds. The van der Waals surface area contributed by atoms with Crippen LogP contribution in [-0.2, 0) is 15.8 Å². The number of rotatable bonds is 3. The normalized spacial score (nSPS) is 17.9. The highest BCUT2D eigenvalue weighted by molar-refractivity contribution is 14.1. The van der Waals surface area contributed by atoms with E-state index in [9.17, 15) is 27.6 Å². The van der Waals surface area contributed by atoms with Gasteiger partial charge in [0.05, 0.1) is 16.9 Å². The van der Waals surface area contributed by atoms with Crippen LogP contribution in [0.15, 0.2) is 53.5 Å². The number of hydrogen-bond donors (Lipinski definition) is 1. The maximum absolute atomic E-state index is 12.8. The number of anilines is 1. The van der Waals surface area contributed by atoms with Crippen LogP contribution in [0.25, 0.3) is 0 Å². The predicted molar refractivity (Wildman–Crippen MR) is 103 cm³/mol. The Hall–Kier alpha value is -2.76. The molecule has 2 aromatic carbocycles. The predicted octanol–water partition coefficient (Wildman–Crippen LogP) is 3.91. The second-order valence-electron chi connectivity index (χ2n) is 5.75. The van der Waals surface area contributed by atoms with E-state index in [4.69, 9.17) is 0 Å². The van der Waals surface area contributed by atoms with Gasteiger partial charge < -0.3 is 0 Å². The van der Waals surface area contributed by atoms with Crippen molar-refractivity contribution in [2.24, 2.45) is 10.9 Å².